The van der Waals surface area contributed by atoms with Crippen molar-refractivity contribution in [1.82, 2.24) is 9.97 Å². The fraction of sp³-hybridized carbons (Fsp3) is 0.182. The first-order valence-corrected chi connectivity index (χ1v) is 30.6. The summed E-state index contributed by atoms with van der Waals surface area (Å²) < 4.78 is 0. The molecule has 0 atom stereocenters. The zero-order chi connectivity index (χ0) is 35.6. The van der Waals surface area contributed by atoms with E-state index < -0.39 is 16.1 Å². The van der Waals surface area contributed by atoms with Crippen molar-refractivity contribution >= 4 is 75.3 Å². The number of halogens is 2. The summed E-state index contributed by atoms with van der Waals surface area (Å²) in [5, 5.41) is 10.8. The predicted molar refractivity (Wildman–Crippen MR) is 224 cm³/mol. The summed E-state index contributed by atoms with van der Waals surface area (Å²) in [5.74, 6) is 0. The third-order valence-corrected chi connectivity index (χ3v) is 13.1. The zero-order valence-electron chi connectivity index (χ0n) is 31.4. The van der Waals surface area contributed by atoms with Crippen LogP contribution in [0.3, 0.4) is 0 Å². The molecule has 2 heterocycles. The Kier molecular flexibility index (Phi) is 14.0. The number of nitrogens with zero attached hydrogens (tertiary/aromatic N) is 2. The van der Waals surface area contributed by atoms with E-state index in [9.17, 15) is 0 Å². The zero-order valence-corrected chi connectivity index (χ0v) is 38.3. The maximum Gasteiger partial charge on any atom is -1.00 e. The molecule has 0 N–H and O–H groups in total. The van der Waals surface area contributed by atoms with Crippen LogP contribution in [0.5, 0.6) is 0 Å². The van der Waals surface area contributed by atoms with Crippen LogP contribution in [0.1, 0.15) is 0 Å². The Balaban J connectivity index is 0.000000204. The molecule has 8 rings (SSSR count). The van der Waals surface area contributed by atoms with Crippen molar-refractivity contribution in [3.8, 4) is 22.3 Å². The molecule has 2 aromatic heterocycles. The summed E-state index contributed by atoms with van der Waals surface area (Å²) in [6.45, 7) is 19.0. The van der Waals surface area contributed by atoms with Crippen molar-refractivity contribution in [2.45, 2.75) is 52.4 Å². The van der Waals surface area contributed by atoms with Gasteiger partial charge in [-0.25, -0.2) is 0 Å². The van der Waals surface area contributed by atoms with Crippen LogP contribution in [-0.2, 0) is 23.3 Å². The standard InChI is InChI=1S/2C21H20NSi.C2H6Si.2ClH.Zr/c2*1-23(2,3)17-13-16-8-5-10-18(20(16)14-17)19-11-4-7-15-9-6-12-22-21(15)19;1-3-2;;;/h2*4-14H,1-3H3;1-2H3;2*1H;/q2*-1;;;;+2/p-2. The Morgan fingerprint density at radius 3 is 1.19 bits per heavy atom. The van der Waals surface area contributed by atoms with E-state index in [1.54, 1.807) is 23.3 Å². The molecule has 8 aromatic rings. The van der Waals surface area contributed by atoms with Crippen molar-refractivity contribution < 1.29 is 48.1 Å². The molecule has 2 nitrogen and oxygen atoms in total. The van der Waals surface area contributed by atoms with E-state index >= 15 is 0 Å². The summed E-state index contributed by atoms with van der Waals surface area (Å²) in [6, 6.07) is 43.9. The van der Waals surface area contributed by atoms with Gasteiger partial charge in [0.15, 0.2) is 0 Å². The normalized spacial score (nSPS) is 11.3. The van der Waals surface area contributed by atoms with Gasteiger partial charge in [0.25, 0.3) is 0 Å². The molecule has 0 radical (unpaired) electrons. The van der Waals surface area contributed by atoms with E-state index in [1.165, 1.54) is 64.9 Å². The molecule has 0 unspecified atom stereocenters. The average molecular weight is 849 g/mol. The largest absolute Gasteiger partial charge is 1.00 e. The van der Waals surface area contributed by atoms with Gasteiger partial charge in [0.2, 0.25) is 0 Å². The third kappa shape index (κ3) is 9.39. The van der Waals surface area contributed by atoms with E-state index in [2.05, 4.69) is 172 Å². The summed E-state index contributed by atoms with van der Waals surface area (Å²) in [6.07, 6.45) is 3.76. The maximum atomic E-state index is 4.63. The molecule has 0 saturated carbocycles. The van der Waals surface area contributed by atoms with E-state index in [-0.39, 0.29) is 30.2 Å². The molecule has 52 heavy (non-hydrogen) atoms. The molecule has 0 aliphatic carbocycles. The second kappa shape index (κ2) is 17.5. The molecule has 0 spiro atoms. The van der Waals surface area contributed by atoms with Crippen LogP contribution in [0, 0.1) is 0 Å². The number of pyridine rings is 2. The van der Waals surface area contributed by atoms with E-state index in [1.807, 2.05) is 24.5 Å². The van der Waals surface area contributed by atoms with Crippen LogP contribution in [0.25, 0.3) is 65.6 Å². The number of hydrogen-bond donors (Lipinski definition) is 0. The predicted octanol–water partition coefficient (Wildman–Crippen LogP) is 5.43. The maximum absolute atomic E-state index is 4.63. The fourth-order valence-electron chi connectivity index (χ4n) is 6.45. The van der Waals surface area contributed by atoms with Gasteiger partial charge in [-0.1, -0.05) is 111 Å². The summed E-state index contributed by atoms with van der Waals surface area (Å²) in [5.41, 5.74) is 7.40. The van der Waals surface area contributed by atoms with Gasteiger partial charge in [-0.3, -0.25) is 9.97 Å². The molecular weight excluding hydrogens is 803 g/mol. The Labute approximate surface area is 339 Å². The van der Waals surface area contributed by atoms with Crippen LogP contribution in [-0.4, -0.2) is 31.5 Å². The summed E-state index contributed by atoms with van der Waals surface area (Å²) in [4.78, 5) is 9.26. The van der Waals surface area contributed by atoms with E-state index in [0.29, 0.717) is 0 Å². The molecule has 6 aromatic carbocycles. The summed E-state index contributed by atoms with van der Waals surface area (Å²) >= 11 is 1.74. The van der Waals surface area contributed by atoms with Crippen molar-refractivity contribution in [1.29, 1.82) is 0 Å². The van der Waals surface area contributed by atoms with Crippen molar-refractivity contribution in [3.63, 3.8) is 0 Å². The molecule has 0 saturated heterocycles. The van der Waals surface area contributed by atoms with E-state index in [0.717, 1.165) is 11.0 Å². The Morgan fingerprint density at radius 2 is 0.827 bits per heavy atom. The number of aromatic nitrogens is 2. The SMILES string of the molecule is C[Si](C)(C)c1cc2c(-c3cccc4cccnc34)cccc2[cH-]1.C[Si](C)(C)c1cc2c(-c3cccc4cccnc34)cccc2[cH-]1.C[Si](C)=[Zr+2].[Cl-].[Cl-]. The second-order valence-electron chi connectivity index (χ2n) is 15.4. The van der Waals surface area contributed by atoms with Crippen molar-refractivity contribution in [3.05, 3.63) is 134 Å². The minimum atomic E-state index is -1.31. The van der Waals surface area contributed by atoms with Gasteiger partial charge in [0.05, 0.1) is 27.2 Å². The Morgan fingerprint density at radius 1 is 0.500 bits per heavy atom. The summed E-state index contributed by atoms with van der Waals surface area (Å²) in [7, 11) is -2.62. The molecule has 0 fully saturated rings. The van der Waals surface area contributed by atoms with Gasteiger partial charge < -0.3 is 24.8 Å². The van der Waals surface area contributed by atoms with Crippen molar-refractivity contribution in [2.24, 2.45) is 0 Å². The minimum Gasteiger partial charge on any atom is -1.00 e. The van der Waals surface area contributed by atoms with Crippen LogP contribution in [0.15, 0.2) is 134 Å². The minimum absolute atomic E-state index is 0. The molecule has 0 amide bonds. The molecule has 8 heteroatoms. The first-order chi connectivity index (χ1) is 23.8. The average Bonchev–Trinajstić information content (AvgIpc) is 3.74. The quantitative estimate of drug-likeness (QED) is 0.175. The van der Waals surface area contributed by atoms with Gasteiger partial charge in [0.1, 0.15) is 0 Å². The first kappa shape index (κ1) is 41.8. The number of fused-ring (bicyclic) bond motifs is 4. The van der Waals surface area contributed by atoms with Gasteiger partial charge in [-0.2, -0.15) is 12.1 Å². The number of para-hydroxylation sites is 2. The number of hydrogen-bond acceptors (Lipinski definition) is 2. The molecule has 0 aliphatic rings. The third-order valence-electron chi connectivity index (χ3n) is 9.08. The van der Waals surface area contributed by atoms with Crippen LogP contribution in [0.2, 0.25) is 52.4 Å². The van der Waals surface area contributed by atoms with Gasteiger partial charge in [0, 0.05) is 23.2 Å². The number of rotatable bonds is 4. The first-order valence-electron chi connectivity index (χ1n) is 17.4. The monoisotopic (exact) mass is 846 g/mol. The molecule has 0 bridgehead atoms. The smallest absolute Gasteiger partial charge is 1.00 e. The molecule has 0 aliphatic heterocycles. The fourth-order valence-corrected chi connectivity index (χ4v) is 8.78. The Hall–Kier alpha value is -2.97. The second-order valence-corrected chi connectivity index (χ2v) is 34.9. The van der Waals surface area contributed by atoms with Crippen molar-refractivity contribution in [2.75, 3.05) is 0 Å². The van der Waals surface area contributed by atoms with Crippen LogP contribution in [0.4, 0.5) is 0 Å². The van der Waals surface area contributed by atoms with Gasteiger partial charge in [-0.05, 0) is 23.3 Å². The van der Waals surface area contributed by atoms with Gasteiger partial charge >= 0.3 is 41.9 Å². The Bertz CT molecular complexity index is 2290. The van der Waals surface area contributed by atoms with Gasteiger partial charge in [-0.15, -0.1) is 68.3 Å². The van der Waals surface area contributed by atoms with Crippen LogP contribution >= 0.6 is 0 Å². The number of benzene rings is 4. The van der Waals surface area contributed by atoms with E-state index in [4.69, 9.17) is 0 Å². The molecule has 264 valence electrons. The molecular formula is C44H46Cl2N2Si3Zr-2. The van der Waals surface area contributed by atoms with Crippen LogP contribution < -0.4 is 35.2 Å². The topological polar surface area (TPSA) is 25.8 Å².